The minimum absolute atomic E-state index is 0.0113. The molecular formula is C28H36N2O6. The van der Waals surface area contributed by atoms with E-state index in [4.69, 9.17) is 14.2 Å². The second-order valence-corrected chi connectivity index (χ2v) is 9.83. The molecule has 0 saturated carbocycles. The van der Waals surface area contributed by atoms with Crippen LogP contribution >= 0.6 is 0 Å². The normalized spacial score (nSPS) is 20.0. The molecule has 0 spiro atoms. The van der Waals surface area contributed by atoms with Crippen LogP contribution in [0.4, 0.5) is 4.79 Å². The largest absolute Gasteiger partial charge is 0.465 e. The monoisotopic (exact) mass is 496 g/mol. The third-order valence-electron chi connectivity index (χ3n) is 5.90. The number of esters is 2. The summed E-state index contributed by atoms with van der Waals surface area (Å²) in [6.07, 6.45) is -0.734. The van der Waals surface area contributed by atoms with Crippen molar-refractivity contribution < 1.29 is 28.6 Å². The Balaban J connectivity index is 1.97. The molecule has 1 heterocycles. The number of amides is 1. The first kappa shape index (κ1) is 27.2. The number of hydrogen-bond acceptors (Lipinski definition) is 7. The number of carbonyl (C=O) groups excluding carboxylic acids is 3. The third-order valence-corrected chi connectivity index (χ3v) is 5.90. The molecule has 0 aliphatic carbocycles. The van der Waals surface area contributed by atoms with Gasteiger partial charge in [0.15, 0.2) is 5.54 Å². The van der Waals surface area contributed by atoms with E-state index in [1.165, 1.54) is 0 Å². The highest BCUT2D eigenvalue weighted by atomic mass is 16.6. The van der Waals surface area contributed by atoms with Gasteiger partial charge in [-0.05, 0) is 51.3 Å². The molecule has 1 fully saturated rings. The zero-order valence-corrected chi connectivity index (χ0v) is 21.7. The van der Waals surface area contributed by atoms with Gasteiger partial charge in [0.2, 0.25) is 0 Å². The van der Waals surface area contributed by atoms with Gasteiger partial charge in [-0.3, -0.25) is 9.69 Å². The van der Waals surface area contributed by atoms with Crippen molar-refractivity contribution in [2.24, 2.45) is 0 Å². The lowest BCUT2D eigenvalue weighted by molar-refractivity contribution is -0.150. The summed E-state index contributed by atoms with van der Waals surface area (Å²) in [5, 5.41) is 2.74. The Morgan fingerprint density at radius 1 is 0.972 bits per heavy atom. The van der Waals surface area contributed by atoms with E-state index in [0.717, 1.165) is 16.7 Å². The fourth-order valence-electron chi connectivity index (χ4n) is 4.45. The van der Waals surface area contributed by atoms with Gasteiger partial charge in [0.1, 0.15) is 11.6 Å². The van der Waals surface area contributed by atoms with Crippen molar-refractivity contribution >= 4 is 18.0 Å². The molecule has 194 valence electrons. The maximum absolute atomic E-state index is 13.2. The van der Waals surface area contributed by atoms with E-state index >= 15 is 0 Å². The van der Waals surface area contributed by atoms with Crippen molar-refractivity contribution in [3.05, 3.63) is 60.2 Å². The highest BCUT2D eigenvalue weighted by Crippen LogP contribution is 2.33. The van der Waals surface area contributed by atoms with Crippen molar-refractivity contribution in [1.29, 1.82) is 0 Å². The molecule has 0 aromatic heterocycles. The van der Waals surface area contributed by atoms with Gasteiger partial charge in [-0.25, -0.2) is 9.59 Å². The SMILES string of the molecule is CCOC(=O)C1CC(NC(=O)OC(C)(C)C)(C(=O)OCC)CN1Cc1ccccc1-c1ccccc1. The summed E-state index contributed by atoms with van der Waals surface area (Å²) in [6, 6.07) is 17.1. The summed E-state index contributed by atoms with van der Waals surface area (Å²) < 4.78 is 16.1. The van der Waals surface area contributed by atoms with Crippen LogP contribution in [0.2, 0.25) is 0 Å². The van der Waals surface area contributed by atoms with Gasteiger partial charge in [0.05, 0.1) is 13.2 Å². The molecule has 0 bridgehead atoms. The molecule has 0 radical (unpaired) electrons. The van der Waals surface area contributed by atoms with Crippen molar-refractivity contribution in [3.63, 3.8) is 0 Å². The van der Waals surface area contributed by atoms with Crippen molar-refractivity contribution in [2.75, 3.05) is 19.8 Å². The van der Waals surface area contributed by atoms with Crippen LogP contribution in [0.5, 0.6) is 0 Å². The third kappa shape index (κ3) is 6.63. The lowest BCUT2D eigenvalue weighted by atomic mass is 9.96. The molecular weight excluding hydrogens is 460 g/mol. The topological polar surface area (TPSA) is 94.2 Å². The van der Waals surface area contributed by atoms with Gasteiger partial charge >= 0.3 is 18.0 Å². The van der Waals surface area contributed by atoms with Gasteiger partial charge in [0, 0.05) is 19.5 Å². The Labute approximate surface area is 212 Å². The Hall–Kier alpha value is -3.39. The van der Waals surface area contributed by atoms with Crippen LogP contribution in [0.3, 0.4) is 0 Å². The molecule has 2 atom stereocenters. The lowest BCUT2D eigenvalue weighted by Gasteiger charge is -2.30. The van der Waals surface area contributed by atoms with E-state index in [2.05, 4.69) is 5.32 Å². The Kier molecular flexibility index (Phi) is 8.74. The van der Waals surface area contributed by atoms with Crippen LogP contribution in [-0.4, -0.2) is 59.9 Å². The molecule has 8 nitrogen and oxygen atoms in total. The minimum Gasteiger partial charge on any atom is -0.465 e. The molecule has 3 rings (SSSR count). The van der Waals surface area contributed by atoms with Crippen LogP contribution in [0.15, 0.2) is 54.6 Å². The molecule has 2 aromatic rings. The van der Waals surface area contributed by atoms with Crippen LogP contribution in [0.25, 0.3) is 11.1 Å². The Morgan fingerprint density at radius 3 is 2.25 bits per heavy atom. The Morgan fingerprint density at radius 2 is 1.61 bits per heavy atom. The number of nitrogens with zero attached hydrogens (tertiary/aromatic N) is 1. The zero-order chi connectivity index (χ0) is 26.3. The zero-order valence-electron chi connectivity index (χ0n) is 21.7. The van der Waals surface area contributed by atoms with E-state index < -0.39 is 35.2 Å². The van der Waals surface area contributed by atoms with E-state index in [1.807, 2.05) is 59.5 Å². The highest BCUT2D eigenvalue weighted by Gasteiger charge is 2.54. The van der Waals surface area contributed by atoms with E-state index in [0.29, 0.717) is 6.54 Å². The molecule has 1 aliphatic heterocycles. The van der Waals surface area contributed by atoms with Crippen molar-refractivity contribution in [1.82, 2.24) is 10.2 Å². The minimum atomic E-state index is -1.46. The number of hydrogen-bond donors (Lipinski definition) is 1. The first-order chi connectivity index (χ1) is 17.1. The average Bonchev–Trinajstić information content (AvgIpc) is 3.18. The number of nitrogens with one attached hydrogen (secondary N) is 1. The number of carbonyl (C=O) groups is 3. The van der Waals surface area contributed by atoms with Gasteiger partial charge < -0.3 is 19.5 Å². The molecule has 1 N–H and O–H groups in total. The number of benzene rings is 2. The molecule has 2 unspecified atom stereocenters. The first-order valence-corrected chi connectivity index (χ1v) is 12.3. The van der Waals surface area contributed by atoms with Crippen molar-refractivity contribution in [2.45, 2.75) is 64.8 Å². The lowest BCUT2D eigenvalue weighted by Crippen LogP contribution is -2.57. The van der Waals surface area contributed by atoms with Crippen LogP contribution in [0.1, 0.15) is 46.6 Å². The quantitative estimate of drug-likeness (QED) is 0.430. The molecule has 1 saturated heterocycles. The summed E-state index contributed by atoms with van der Waals surface area (Å²) in [6.45, 7) is 9.44. The van der Waals surface area contributed by atoms with Gasteiger partial charge in [0.25, 0.3) is 0 Å². The number of ether oxygens (including phenoxy) is 3. The van der Waals surface area contributed by atoms with Crippen molar-refractivity contribution in [3.8, 4) is 11.1 Å². The number of likely N-dealkylation sites (tertiary alicyclic amines) is 1. The van der Waals surface area contributed by atoms with E-state index in [-0.39, 0.29) is 26.2 Å². The highest BCUT2D eigenvalue weighted by molar-refractivity contribution is 5.89. The fourth-order valence-corrected chi connectivity index (χ4v) is 4.45. The van der Waals surface area contributed by atoms with Gasteiger partial charge in [-0.2, -0.15) is 0 Å². The molecule has 36 heavy (non-hydrogen) atoms. The second-order valence-electron chi connectivity index (χ2n) is 9.83. The predicted octanol–water partition coefficient (Wildman–Crippen LogP) is 4.32. The van der Waals surface area contributed by atoms with E-state index in [9.17, 15) is 14.4 Å². The molecule has 1 amide bonds. The summed E-state index contributed by atoms with van der Waals surface area (Å²) in [7, 11) is 0. The van der Waals surface area contributed by atoms with E-state index in [1.54, 1.807) is 34.6 Å². The number of rotatable bonds is 8. The van der Waals surface area contributed by atoms with Gasteiger partial charge in [-0.15, -0.1) is 0 Å². The van der Waals surface area contributed by atoms with Crippen LogP contribution in [-0.2, 0) is 30.3 Å². The standard InChI is InChI=1S/C28H36N2O6/c1-6-34-24(31)23-17-28(25(32)35-7-2,29-26(33)36-27(3,4)5)19-30(23)18-21-15-11-12-16-22(21)20-13-9-8-10-14-20/h8-16,23H,6-7,17-19H2,1-5H3,(H,29,33). The summed E-state index contributed by atoms with van der Waals surface area (Å²) in [5.41, 5.74) is 0.832. The summed E-state index contributed by atoms with van der Waals surface area (Å²) >= 11 is 0. The number of alkyl carbamates (subject to hydrolysis) is 1. The first-order valence-electron chi connectivity index (χ1n) is 12.3. The molecule has 1 aliphatic rings. The maximum atomic E-state index is 13.2. The average molecular weight is 497 g/mol. The predicted molar refractivity (Wildman–Crippen MR) is 136 cm³/mol. The summed E-state index contributed by atoms with van der Waals surface area (Å²) in [5.74, 6) is -1.06. The smallest absolute Gasteiger partial charge is 0.408 e. The molecule has 8 heteroatoms. The Bertz CT molecular complexity index is 1070. The molecule has 2 aromatic carbocycles. The van der Waals surface area contributed by atoms with Crippen LogP contribution < -0.4 is 5.32 Å². The van der Waals surface area contributed by atoms with Gasteiger partial charge in [-0.1, -0.05) is 54.6 Å². The second kappa shape index (κ2) is 11.6. The van der Waals surface area contributed by atoms with Crippen LogP contribution in [0, 0.1) is 0 Å². The fraction of sp³-hybridized carbons (Fsp3) is 0.464. The summed E-state index contributed by atoms with van der Waals surface area (Å²) in [4.78, 5) is 40.9. The maximum Gasteiger partial charge on any atom is 0.408 e.